The fraction of sp³-hybridized carbons (Fsp3) is 0.200. The number of alkyl halides is 3. The summed E-state index contributed by atoms with van der Waals surface area (Å²) in [5, 5.41) is 12.1. The van der Waals surface area contributed by atoms with Crippen LogP contribution in [0.5, 0.6) is 0 Å². The monoisotopic (exact) mass is 325 g/mol. The van der Waals surface area contributed by atoms with Crippen LogP contribution in [0.4, 0.5) is 18.9 Å². The second-order valence-corrected chi connectivity index (χ2v) is 4.88. The molecule has 4 N–H and O–H groups in total. The Bertz CT molecular complexity index is 692. The molecule has 8 heteroatoms. The molecule has 0 radical (unpaired) electrons. The Morgan fingerprint density at radius 1 is 1.22 bits per heavy atom. The van der Waals surface area contributed by atoms with Crippen LogP contribution in [0.1, 0.15) is 16.1 Å². The van der Waals surface area contributed by atoms with E-state index in [1.165, 1.54) is 36.5 Å². The van der Waals surface area contributed by atoms with Crippen LogP contribution in [-0.4, -0.2) is 28.7 Å². The first-order valence-corrected chi connectivity index (χ1v) is 6.58. The van der Waals surface area contributed by atoms with Crippen molar-refractivity contribution in [2.45, 2.75) is 11.8 Å². The Hall–Kier alpha value is -2.61. The van der Waals surface area contributed by atoms with Gasteiger partial charge in [-0.05, 0) is 17.7 Å². The first kappa shape index (κ1) is 16.8. The van der Waals surface area contributed by atoms with Gasteiger partial charge in [0.25, 0.3) is 5.91 Å². The van der Waals surface area contributed by atoms with Crippen LogP contribution in [0.2, 0.25) is 0 Å². The molecule has 1 aromatic heterocycles. The van der Waals surface area contributed by atoms with Gasteiger partial charge in [0.05, 0.1) is 6.54 Å². The molecule has 23 heavy (non-hydrogen) atoms. The number of aromatic nitrogens is 1. The van der Waals surface area contributed by atoms with E-state index in [0.717, 1.165) is 12.1 Å². The fourth-order valence-electron chi connectivity index (χ4n) is 1.95. The number of nitrogens with one attached hydrogen (secondary N) is 1. The molecule has 0 aliphatic carbocycles. The molecule has 0 aliphatic heterocycles. The van der Waals surface area contributed by atoms with Gasteiger partial charge < -0.3 is 16.2 Å². The number of hydrogen-bond acceptors (Lipinski definition) is 4. The summed E-state index contributed by atoms with van der Waals surface area (Å²) in [5.41, 5.74) is 2.03. The van der Waals surface area contributed by atoms with Gasteiger partial charge in [0, 0.05) is 11.9 Å². The molecule has 1 unspecified atom stereocenters. The number of carbonyl (C=O) groups is 1. The third-order valence-electron chi connectivity index (χ3n) is 3.24. The van der Waals surface area contributed by atoms with Gasteiger partial charge in [-0.3, -0.25) is 9.78 Å². The predicted octanol–water partition coefficient (Wildman–Crippen LogP) is 1.84. The number of halogens is 3. The Morgan fingerprint density at radius 2 is 1.87 bits per heavy atom. The van der Waals surface area contributed by atoms with Crippen LogP contribution in [0, 0.1) is 0 Å². The van der Waals surface area contributed by atoms with Crippen molar-refractivity contribution in [2.24, 2.45) is 0 Å². The Kier molecular flexibility index (Phi) is 4.55. The average molecular weight is 325 g/mol. The summed E-state index contributed by atoms with van der Waals surface area (Å²) in [6.07, 6.45) is -3.71. The highest BCUT2D eigenvalue weighted by molar-refractivity contribution is 5.93. The summed E-state index contributed by atoms with van der Waals surface area (Å²) in [6.45, 7) is -1.05. The van der Waals surface area contributed by atoms with E-state index in [9.17, 15) is 23.1 Å². The van der Waals surface area contributed by atoms with Crippen LogP contribution in [0.3, 0.4) is 0 Å². The lowest BCUT2D eigenvalue weighted by molar-refractivity contribution is -0.263. The lowest BCUT2D eigenvalue weighted by atomic mass is 9.93. The topological polar surface area (TPSA) is 88.2 Å². The van der Waals surface area contributed by atoms with Crippen molar-refractivity contribution >= 4 is 11.6 Å². The molecule has 0 saturated heterocycles. The van der Waals surface area contributed by atoms with Crippen molar-refractivity contribution in [3.05, 3.63) is 59.9 Å². The number of amides is 1. The summed E-state index contributed by atoms with van der Waals surface area (Å²) in [4.78, 5) is 15.6. The Labute approximate surface area is 130 Å². The van der Waals surface area contributed by atoms with E-state index in [1.807, 2.05) is 5.32 Å². The molecule has 0 saturated carbocycles. The van der Waals surface area contributed by atoms with Crippen molar-refractivity contribution in [3.8, 4) is 0 Å². The lowest BCUT2D eigenvalue weighted by Gasteiger charge is -2.31. The maximum atomic E-state index is 13.3. The summed E-state index contributed by atoms with van der Waals surface area (Å²) >= 11 is 0. The van der Waals surface area contributed by atoms with Crippen molar-refractivity contribution in [3.63, 3.8) is 0 Å². The van der Waals surface area contributed by atoms with Crippen LogP contribution in [0.15, 0.2) is 48.7 Å². The normalized spacial score (nSPS) is 14.1. The molecule has 2 rings (SSSR count). The molecular weight excluding hydrogens is 311 g/mol. The zero-order valence-electron chi connectivity index (χ0n) is 11.8. The summed E-state index contributed by atoms with van der Waals surface area (Å²) in [6, 6.07) is 9.20. The quantitative estimate of drug-likeness (QED) is 0.800. The van der Waals surface area contributed by atoms with Crippen LogP contribution in [-0.2, 0) is 5.60 Å². The number of anilines is 1. The van der Waals surface area contributed by atoms with Crippen molar-refractivity contribution < 1.29 is 23.1 Å². The van der Waals surface area contributed by atoms with E-state index < -0.39 is 24.2 Å². The molecule has 5 nitrogen and oxygen atoms in total. The van der Waals surface area contributed by atoms with Gasteiger partial charge in [-0.25, -0.2) is 0 Å². The molecule has 0 spiro atoms. The smallest absolute Gasteiger partial charge is 0.399 e. The number of aliphatic hydroxyl groups is 1. The van der Waals surface area contributed by atoms with E-state index in [-0.39, 0.29) is 16.9 Å². The first-order chi connectivity index (χ1) is 10.7. The van der Waals surface area contributed by atoms with Gasteiger partial charge in [-0.1, -0.05) is 30.3 Å². The van der Waals surface area contributed by atoms with E-state index >= 15 is 0 Å². The van der Waals surface area contributed by atoms with Crippen molar-refractivity contribution in [1.29, 1.82) is 0 Å². The maximum absolute atomic E-state index is 13.3. The van der Waals surface area contributed by atoms with Crippen molar-refractivity contribution in [2.75, 3.05) is 12.3 Å². The third-order valence-corrected chi connectivity index (χ3v) is 3.24. The summed E-state index contributed by atoms with van der Waals surface area (Å²) in [7, 11) is 0. The summed E-state index contributed by atoms with van der Waals surface area (Å²) in [5.74, 6) is -0.865. The molecule has 1 atom stereocenters. The molecule has 0 bridgehead atoms. The van der Waals surface area contributed by atoms with Crippen molar-refractivity contribution in [1.82, 2.24) is 10.3 Å². The second kappa shape index (κ2) is 6.25. The molecule has 1 aromatic carbocycles. The summed E-state index contributed by atoms with van der Waals surface area (Å²) < 4.78 is 39.8. The molecule has 0 fully saturated rings. The Morgan fingerprint density at radius 3 is 2.43 bits per heavy atom. The fourth-order valence-corrected chi connectivity index (χ4v) is 1.95. The van der Waals surface area contributed by atoms with Gasteiger partial charge in [-0.2, -0.15) is 13.2 Å². The van der Waals surface area contributed by atoms with Crippen LogP contribution >= 0.6 is 0 Å². The Balaban J connectivity index is 2.22. The zero-order chi connectivity index (χ0) is 17.1. The number of nitrogen functional groups attached to an aromatic ring is 1. The van der Waals surface area contributed by atoms with E-state index in [2.05, 4.69) is 4.98 Å². The maximum Gasteiger partial charge on any atom is 0.423 e. The number of nitrogens with zero attached hydrogens (tertiary/aromatic N) is 1. The van der Waals surface area contributed by atoms with E-state index in [0.29, 0.717) is 0 Å². The van der Waals surface area contributed by atoms with E-state index in [1.54, 1.807) is 0 Å². The minimum atomic E-state index is -4.97. The molecular formula is C15H14F3N3O2. The number of pyridine rings is 1. The average Bonchev–Trinajstić information content (AvgIpc) is 2.52. The highest BCUT2D eigenvalue weighted by Gasteiger charge is 2.55. The molecule has 0 aliphatic rings. The van der Waals surface area contributed by atoms with Gasteiger partial charge in [0.1, 0.15) is 5.69 Å². The van der Waals surface area contributed by atoms with E-state index in [4.69, 9.17) is 5.73 Å². The second-order valence-electron chi connectivity index (χ2n) is 4.88. The number of hydrogen-bond donors (Lipinski definition) is 3. The number of rotatable bonds is 4. The van der Waals surface area contributed by atoms with Crippen LogP contribution in [0.25, 0.3) is 0 Å². The number of benzene rings is 1. The largest absolute Gasteiger partial charge is 0.423 e. The zero-order valence-corrected chi connectivity index (χ0v) is 11.8. The highest BCUT2D eigenvalue weighted by Crippen LogP contribution is 2.38. The molecule has 122 valence electrons. The molecule has 2 aromatic rings. The van der Waals surface area contributed by atoms with Gasteiger partial charge in [0.15, 0.2) is 0 Å². The molecule has 1 amide bonds. The highest BCUT2D eigenvalue weighted by atomic mass is 19.4. The first-order valence-electron chi connectivity index (χ1n) is 6.58. The number of carbonyl (C=O) groups excluding carboxylic acids is 1. The minimum absolute atomic E-state index is 0.136. The standard InChI is InChI=1S/C15H14F3N3O2/c16-15(17,18)14(23,10-4-2-1-3-5-10)9-21-13(22)12-8-11(19)6-7-20-12/h1-8,23H,9H2,(H2,19,20)(H,21,22). The third kappa shape index (κ3) is 3.59. The van der Waals surface area contributed by atoms with Gasteiger partial charge >= 0.3 is 6.18 Å². The van der Waals surface area contributed by atoms with Gasteiger partial charge in [0.2, 0.25) is 5.60 Å². The minimum Gasteiger partial charge on any atom is -0.399 e. The number of nitrogens with two attached hydrogens (primary N) is 1. The van der Waals surface area contributed by atoms with Gasteiger partial charge in [-0.15, -0.1) is 0 Å². The lowest BCUT2D eigenvalue weighted by Crippen LogP contribution is -2.51. The molecule has 1 heterocycles. The SMILES string of the molecule is Nc1ccnc(C(=O)NCC(O)(c2ccccc2)C(F)(F)F)c1. The van der Waals surface area contributed by atoms with Crippen LogP contribution < -0.4 is 11.1 Å². The predicted molar refractivity (Wildman–Crippen MR) is 77.4 cm³/mol.